The summed E-state index contributed by atoms with van der Waals surface area (Å²) in [5.41, 5.74) is 0.721. The van der Waals surface area contributed by atoms with E-state index in [0.29, 0.717) is 19.1 Å². The molecule has 1 spiro atoms. The summed E-state index contributed by atoms with van der Waals surface area (Å²) in [6, 6.07) is 10.6. The van der Waals surface area contributed by atoms with Crippen LogP contribution in [0.1, 0.15) is 45.6 Å². The lowest BCUT2D eigenvalue weighted by molar-refractivity contribution is -0.239. The number of amides is 1. The summed E-state index contributed by atoms with van der Waals surface area (Å²) in [6.07, 6.45) is 2.60. The van der Waals surface area contributed by atoms with Crippen LogP contribution >= 0.6 is 0 Å². The molecule has 25 heavy (non-hydrogen) atoms. The van der Waals surface area contributed by atoms with Crippen LogP contribution in [0.4, 0.5) is 0 Å². The number of nitrogens with zero attached hydrogens (tertiary/aromatic N) is 1. The van der Waals surface area contributed by atoms with Crippen molar-refractivity contribution in [2.75, 3.05) is 19.8 Å². The van der Waals surface area contributed by atoms with Gasteiger partial charge in [-0.3, -0.25) is 4.79 Å². The number of likely N-dealkylation sites (tertiary alicyclic amines) is 1. The number of carbonyl (C=O) groups excluding carboxylic acids is 1. The van der Waals surface area contributed by atoms with Crippen molar-refractivity contribution in [2.24, 2.45) is 11.8 Å². The Morgan fingerprint density at radius 1 is 1.12 bits per heavy atom. The lowest BCUT2D eigenvalue weighted by Crippen LogP contribution is -2.65. The molecule has 2 saturated heterocycles. The van der Waals surface area contributed by atoms with Gasteiger partial charge in [-0.15, -0.1) is 0 Å². The summed E-state index contributed by atoms with van der Waals surface area (Å²) in [7, 11) is 0. The first kappa shape index (κ1) is 17.0. The molecule has 3 fully saturated rings. The second-order valence-corrected chi connectivity index (χ2v) is 8.12. The first-order valence-corrected chi connectivity index (χ1v) is 9.66. The van der Waals surface area contributed by atoms with Gasteiger partial charge in [0.1, 0.15) is 0 Å². The van der Waals surface area contributed by atoms with Crippen molar-refractivity contribution in [2.45, 2.75) is 57.3 Å². The Hall–Kier alpha value is -1.39. The Kier molecular flexibility index (Phi) is 4.16. The monoisotopic (exact) mass is 343 g/mol. The summed E-state index contributed by atoms with van der Waals surface area (Å²) in [6.45, 7) is 8.63. The van der Waals surface area contributed by atoms with Gasteiger partial charge in [0, 0.05) is 24.9 Å². The Morgan fingerprint density at radius 2 is 1.80 bits per heavy atom. The van der Waals surface area contributed by atoms with Gasteiger partial charge in [0.15, 0.2) is 5.79 Å². The molecule has 2 aliphatic heterocycles. The van der Waals surface area contributed by atoms with Gasteiger partial charge < -0.3 is 14.4 Å². The minimum absolute atomic E-state index is 0.210. The SMILES string of the molecule is CC(C)N1CC[C@H]2[C@H](C)C3(CC[C@]2(c2ccccc2)C1=O)OCCO3. The predicted octanol–water partition coefficient (Wildman–Crippen LogP) is 3.35. The van der Waals surface area contributed by atoms with E-state index >= 15 is 0 Å². The highest BCUT2D eigenvalue weighted by atomic mass is 16.7. The van der Waals surface area contributed by atoms with Crippen LogP contribution in [0, 0.1) is 11.8 Å². The van der Waals surface area contributed by atoms with Gasteiger partial charge in [0.2, 0.25) is 5.91 Å². The molecular formula is C21H29NO3. The maximum absolute atomic E-state index is 13.7. The first-order chi connectivity index (χ1) is 12.0. The zero-order valence-electron chi connectivity index (χ0n) is 15.5. The molecular weight excluding hydrogens is 314 g/mol. The zero-order valence-corrected chi connectivity index (χ0v) is 15.5. The number of benzene rings is 1. The molecule has 4 rings (SSSR count). The lowest BCUT2D eigenvalue weighted by Gasteiger charge is -2.57. The number of piperidine rings is 1. The molecule has 1 aliphatic carbocycles. The highest BCUT2D eigenvalue weighted by Crippen LogP contribution is 2.56. The summed E-state index contributed by atoms with van der Waals surface area (Å²) in [5.74, 6) is 0.277. The molecule has 1 saturated carbocycles. The minimum Gasteiger partial charge on any atom is -0.347 e. The Labute approximate surface area is 150 Å². The maximum atomic E-state index is 13.7. The molecule has 3 atom stereocenters. The molecule has 1 aromatic rings. The third-order valence-electron chi connectivity index (χ3n) is 6.81. The largest absolute Gasteiger partial charge is 0.347 e. The normalized spacial score (nSPS) is 34.6. The van der Waals surface area contributed by atoms with Gasteiger partial charge in [-0.25, -0.2) is 0 Å². The highest BCUT2D eigenvalue weighted by molar-refractivity contribution is 5.90. The molecule has 136 valence electrons. The van der Waals surface area contributed by atoms with Gasteiger partial charge in [0.25, 0.3) is 0 Å². The lowest BCUT2D eigenvalue weighted by atomic mass is 9.54. The van der Waals surface area contributed by atoms with Crippen LogP contribution in [-0.2, 0) is 19.7 Å². The van der Waals surface area contributed by atoms with Crippen molar-refractivity contribution in [3.05, 3.63) is 35.9 Å². The van der Waals surface area contributed by atoms with E-state index in [1.54, 1.807) is 0 Å². The van der Waals surface area contributed by atoms with Crippen LogP contribution < -0.4 is 0 Å². The zero-order chi connectivity index (χ0) is 17.7. The molecule has 0 bridgehead atoms. The second kappa shape index (κ2) is 6.10. The van der Waals surface area contributed by atoms with Crippen LogP contribution in [0.2, 0.25) is 0 Å². The Balaban J connectivity index is 1.80. The van der Waals surface area contributed by atoms with Gasteiger partial charge >= 0.3 is 0 Å². The van der Waals surface area contributed by atoms with E-state index in [4.69, 9.17) is 9.47 Å². The molecule has 4 nitrogen and oxygen atoms in total. The molecule has 2 heterocycles. The molecule has 4 heteroatoms. The standard InChI is InChI=1S/C21H29NO3/c1-15(2)22-12-9-18-16(3)21(24-13-14-25-21)11-10-20(18,19(22)23)17-7-5-4-6-8-17/h4-8,15-16,18H,9-14H2,1-3H3/t16-,18-,20+/m0/s1. The molecule has 1 amide bonds. The number of rotatable bonds is 2. The third kappa shape index (κ3) is 2.37. The van der Waals surface area contributed by atoms with Crippen molar-refractivity contribution < 1.29 is 14.3 Å². The van der Waals surface area contributed by atoms with Gasteiger partial charge in [-0.2, -0.15) is 0 Å². The van der Waals surface area contributed by atoms with E-state index in [1.807, 2.05) is 6.07 Å². The topological polar surface area (TPSA) is 38.8 Å². The van der Waals surface area contributed by atoms with E-state index < -0.39 is 11.2 Å². The fourth-order valence-corrected chi connectivity index (χ4v) is 5.50. The van der Waals surface area contributed by atoms with Crippen LogP contribution in [0.3, 0.4) is 0 Å². The van der Waals surface area contributed by atoms with Crippen molar-refractivity contribution in [3.8, 4) is 0 Å². The minimum atomic E-state index is -0.483. The second-order valence-electron chi connectivity index (χ2n) is 8.12. The average Bonchev–Trinajstić information content (AvgIpc) is 3.09. The van der Waals surface area contributed by atoms with Crippen LogP contribution in [-0.4, -0.2) is 42.4 Å². The van der Waals surface area contributed by atoms with Crippen LogP contribution in [0.25, 0.3) is 0 Å². The van der Waals surface area contributed by atoms with E-state index in [0.717, 1.165) is 31.4 Å². The summed E-state index contributed by atoms with van der Waals surface area (Å²) < 4.78 is 12.2. The molecule has 0 unspecified atom stereocenters. The number of hydrogen-bond donors (Lipinski definition) is 0. The van der Waals surface area contributed by atoms with Gasteiger partial charge in [-0.1, -0.05) is 37.3 Å². The van der Waals surface area contributed by atoms with E-state index in [1.165, 1.54) is 0 Å². The fourth-order valence-electron chi connectivity index (χ4n) is 5.50. The average molecular weight is 343 g/mol. The number of fused-ring (bicyclic) bond motifs is 1. The summed E-state index contributed by atoms with van der Waals surface area (Å²) in [4.78, 5) is 15.8. The highest BCUT2D eigenvalue weighted by Gasteiger charge is 2.62. The Bertz CT molecular complexity index is 638. The van der Waals surface area contributed by atoms with Crippen molar-refractivity contribution in [3.63, 3.8) is 0 Å². The van der Waals surface area contributed by atoms with Crippen LogP contribution in [0.5, 0.6) is 0 Å². The number of ether oxygens (including phenoxy) is 2. The summed E-state index contributed by atoms with van der Waals surface area (Å²) in [5, 5.41) is 0. The first-order valence-electron chi connectivity index (χ1n) is 9.66. The Morgan fingerprint density at radius 3 is 2.44 bits per heavy atom. The van der Waals surface area contributed by atoms with Crippen LogP contribution in [0.15, 0.2) is 30.3 Å². The maximum Gasteiger partial charge on any atom is 0.233 e. The van der Waals surface area contributed by atoms with Crippen molar-refractivity contribution >= 4 is 5.91 Å². The fraction of sp³-hybridized carbons (Fsp3) is 0.667. The van der Waals surface area contributed by atoms with E-state index in [-0.39, 0.29) is 17.9 Å². The number of carbonyl (C=O) groups is 1. The van der Waals surface area contributed by atoms with Gasteiger partial charge in [0.05, 0.1) is 18.6 Å². The van der Waals surface area contributed by atoms with E-state index in [2.05, 4.69) is 49.9 Å². The molecule has 0 aromatic heterocycles. The van der Waals surface area contributed by atoms with Gasteiger partial charge in [-0.05, 0) is 38.2 Å². The molecule has 1 aromatic carbocycles. The predicted molar refractivity (Wildman–Crippen MR) is 96.1 cm³/mol. The molecule has 0 N–H and O–H groups in total. The quantitative estimate of drug-likeness (QED) is 0.826. The molecule has 0 radical (unpaired) electrons. The molecule has 3 aliphatic rings. The smallest absolute Gasteiger partial charge is 0.233 e. The van der Waals surface area contributed by atoms with E-state index in [9.17, 15) is 4.79 Å². The van der Waals surface area contributed by atoms with Crippen molar-refractivity contribution in [1.29, 1.82) is 0 Å². The summed E-state index contributed by atoms with van der Waals surface area (Å²) >= 11 is 0. The van der Waals surface area contributed by atoms with Crippen molar-refractivity contribution in [1.82, 2.24) is 4.90 Å². The third-order valence-corrected chi connectivity index (χ3v) is 6.81. The number of hydrogen-bond acceptors (Lipinski definition) is 3.